The van der Waals surface area contributed by atoms with E-state index in [-0.39, 0.29) is 23.4 Å². The highest BCUT2D eigenvalue weighted by atomic mass is 35.5. The van der Waals surface area contributed by atoms with Crippen molar-refractivity contribution in [1.29, 1.82) is 0 Å². The number of nitrogens with zero attached hydrogens (tertiary/aromatic N) is 1. The number of urea groups is 1. The summed E-state index contributed by atoms with van der Waals surface area (Å²) in [6, 6.07) is 8.08. The molecular formula is C24H34ClN3O2. The summed E-state index contributed by atoms with van der Waals surface area (Å²) in [4.78, 5) is 27.3. The number of benzene rings is 1. The van der Waals surface area contributed by atoms with Gasteiger partial charge in [0.1, 0.15) is 0 Å². The van der Waals surface area contributed by atoms with E-state index in [9.17, 15) is 9.59 Å². The van der Waals surface area contributed by atoms with Gasteiger partial charge in [0.25, 0.3) is 0 Å². The fraction of sp³-hybridized carbons (Fsp3) is 0.667. The van der Waals surface area contributed by atoms with Gasteiger partial charge >= 0.3 is 6.03 Å². The summed E-state index contributed by atoms with van der Waals surface area (Å²) in [5.41, 5.74) is 1.30. The highest BCUT2D eigenvalue weighted by Gasteiger charge is 2.39. The molecule has 6 heteroatoms. The molecule has 1 saturated heterocycles. The zero-order valence-electron chi connectivity index (χ0n) is 17.8. The van der Waals surface area contributed by atoms with Crippen molar-refractivity contribution in [3.05, 3.63) is 34.9 Å². The largest absolute Gasteiger partial charge is 0.342 e. The van der Waals surface area contributed by atoms with E-state index in [4.69, 9.17) is 11.6 Å². The molecule has 30 heavy (non-hydrogen) atoms. The number of halogens is 1. The van der Waals surface area contributed by atoms with Gasteiger partial charge in [-0.3, -0.25) is 4.79 Å². The van der Waals surface area contributed by atoms with Gasteiger partial charge in [0.15, 0.2) is 0 Å². The van der Waals surface area contributed by atoms with Gasteiger partial charge in [-0.25, -0.2) is 4.79 Å². The van der Waals surface area contributed by atoms with Crippen molar-refractivity contribution in [3.63, 3.8) is 0 Å². The zero-order chi connectivity index (χ0) is 21.0. The second kappa shape index (κ2) is 9.59. The van der Waals surface area contributed by atoms with E-state index < -0.39 is 0 Å². The van der Waals surface area contributed by atoms with Gasteiger partial charge in [-0.15, -0.1) is 0 Å². The number of nitrogens with one attached hydrogen (secondary N) is 2. The molecule has 0 aromatic heterocycles. The Kier molecular flexibility index (Phi) is 6.87. The summed E-state index contributed by atoms with van der Waals surface area (Å²) < 4.78 is 0. The molecule has 0 bridgehead atoms. The molecule has 0 radical (unpaired) electrons. The average molecular weight is 432 g/mol. The maximum Gasteiger partial charge on any atom is 0.315 e. The Morgan fingerprint density at radius 1 is 0.967 bits per heavy atom. The third-order valence-corrected chi connectivity index (χ3v) is 7.70. The molecule has 1 heterocycles. The first-order valence-electron chi connectivity index (χ1n) is 11.6. The van der Waals surface area contributed by atoms with Crippen molar-refractivity contribution in [2.45, 2.75) is 75.7 Å². The third-order valence-electron chi connectivity index (χ3n) is 7.45. The molecule has 4 rings (SSSR count). The molecule has 1 aromatic rings. The van der Waals surface area contributed by atoms with E-state index in [2.05, 4.69) is 22.8 Å². The predicted molar refractivity (Wildman–Crippen MR) is 120 cm³/mol. The summed E-state index contributed by atoms with van der Waals surface area (Å²) in [5.74, 6) is 0.575. The van der Waals surface area contributed by atoms with E-state index in [0.717, 1.165) is 56.6 Å². The highest BCUT2D eigenvalue weighted by molar-refractivity contribution is 6.30. The fourth-order valence-corrected chi connectivity index (χ4v) is 5.44. The molecule has 5 nitrogen and oxygen atoms in total. The van der Waals surface area contributed by atoms with Crippen LogP contribution in [-0.4, -0.2) is 42.5 Å². The highest BCUT2D eigenvalue weighted by Crippen LogP contribution is 2.43. The van der Waals surface area contributed by atoms with Gasteiger partial charge in [-0.2, -0.15) is 0 Å². The topological polar surface area (TPSA) is 61.4 Å². The van der Waals surface area contributed by atoms with Crippen LogP contribution in [0.5, 0.6) is 0 Å². The maximum atomic E-state index is 12.7. The molecule has 3 aliphatic rings. The van der Waals surface area contributed by atoms with Gasteiger partial charge in [-0.05, 0) is 56.2 Å². The number of piperidine rings is 1. The lowest BCUT2D eigenvalue weighted by Crippen LogP contribution is -2.53. The molecule has 0 unspecified atom stereocenters. The van der Waals surface area contributed by atoms with E-state index in [1.807, 2.05) is 17.0 Å². The summed E-state index contributed by atoms with van der Waals surface area (Å²) in [6.07, 6.45) is 10.8. The Morgan fingerprint density at radius 3 is 2.23 bits per heavy atom. The minimum atomic E-state index is -0.0905. The van der Waals surface area contributed by atoms with Crippen LogP contribution >= 0.6 is 11.6 Å². The van der Waals surface area contributed by atoms with Crippen LogP contribution in [0.15, 0.2) is 24.3 Å². The number of hydrogen-bond acceptors (Lipinski definition) is 2. The molecule has 2 N–H and O–H groups in total. The monoisotopic (exact) mass is 431 g/mol. The molecule has 1 aliphatic heterocycles. The Morgan fingerprint density at radius 2 is 1.63 bits per heavy atom. The SMILES string of the molecule is O=C(NCC1(c2ccc(Cl)cc2)CCC1)NC1CCN(C(=O)C2CCCCC2)CC1. The molecule has 1 aromatic carbocycles. The van der Waals surface area contributed by atoms with Gasteiger partial charge in [-0.1, -0.05) is 49.4 Å². The first-order chi connectivity index (χ1) is 14.6. The van der Waals surface area contributed by atoms with Crippen LogP contribution in [0.3, 0.4) is 0 Å². The van der Waals surface area contributed by atoms with Gasteiger partial charge in [0.2, 0.25) is 5.91 Å². The second-order valence-electron chi connectivity index (χ2n) is 9.40. The number of carbonyl (C=O) groups excluding carboxylic acids is 2. The number of amides is 3. The van der Waals surface area contributed by atoms with Crippen LogP contribution in [0.1, 0.15) is 69.8 Å². The Balaban J connectivity index is 1.21. The average Bonchev–Trinajstić information content (AvgIpc) is 2.75. The van der Waals surface area contributed by atoms with E-state index in [0.29, 0.717) is 12.5 Å². The van der Waals surface area contributed by atoms with Crippen LogP contribution in [0.25, 0.3) is 0 Å². The fourth-order valence-electron chi connectivity index (χ4n) is 5.31. The lowest BCUT2D eigenvalue weighted by Gasteiger charge is -2.43. The van der Waals surface area contributed by atoms with Crippen molar-refractivity contribution in [3.8, 4) is 0 Å². The van der Waals surface area contributed by atoms with Crippen molar-refractivity contribution in [1.82, 2.24) is 15.5 Å². The Hall–Kier alpha value is -1.75. The molecular weight excluding hydrogens is 398 g/mol. The number of hydrogen-bond donors (Lipinski definition) is 2. The normalized spacial score (nSPS) is 22.2. The van der Waals surface area contributed by atoms with Crippen molar-refractivity contribution in [2.75, 3.05) is 19.6 Å². The standard InChI is InChI=1S/C24H34ClN3O2/c25-20-9-7-19(8-10-20)24(13-4-14-24)17-26-23(30)27-21-11-15-28(16-12-21)22(29)18-5-2-1-3-6-18/h7-10,18,21H,1-6,11-17H2,(H2,26,27,30). The van der Waals surface area contributed by atoms with Crippen LogP contribution in [0.2, 0.25) is 5.02 Å². The Bertz CT molecular complexity index is 733. The van der Waals surface area contributed by atoms with Crippen LogP contribution in [0.4, 0.5) is 4.79 Å². The minimum absolute atomic E-state index is 0.0394. The summed E-state index contributed by atoms with van der Waals surface area (Å²) in [6.45, 7) is 2.17. The molecule has 0 spiro atoms. The molecule has 3 fully saturated rings. The molecule has 0 atom stereocenters. The summed E-state index contributed by atoms with van der Waals surface area (Å²) >= 11 is 6.03. The lowest BCUT2D eigenvalue weighted by atomic mass is 9.64. The summed E-state index contributed by atoms with van der Waals surface area (Å²) in [5, 5.41) is 6.98. The predicted octanol–water partition coefficient (Wildman–Crippen LogP) is 4.63. The number of rotatable bonds is 5. The zero-order valence-corrected chi connectivity index (χ0v) is 18.6. The van der Waals surface area contributed by atoms with E-state index in [1.54, 1.807) is 0 Å². The lowest BCUT2D eigenvalue weighted by molar-refractivity contribution is -0.137. The third kappa shape index (κ3) is 4.93. The molecule has 2 aliphatic carbocycles. The quantitative estimate of drug-likeness (QED) is 0.713. The first-order valence-corrected chi connectivity index (χ1v) is 12.0. The number of carbonyl (C=O) groups is 2. The smallest absolute Gasteiger partial charge is 0.315 e. The van der Waals surface area contributed by atoms with Crippen molar-refractivity contribution in [2.24, 2.45) is 5.92 Å². The van der Waals surface area contributed by atoms with Crippen LogP contribution in [0, 0.1) is 5.92 Å². The summed E-state index contributed by atoms with van der Waals surface area (Å²) in [7, 11) is 0. The molecule has 164 valence electrons. The van der Waals surface area contributed by atoms with Gasteiger partial charge in [0.05, 0.1) is 0 Å². The van der Waals surface area contributed by atoms with Gasteiger partial charge in [0, 0.05) is 42.0 Å². The minimum Gasteiger partial charge on any atom is -0.342 e. The van der Waals surface area contributed by atoms with Crippen molar-refractivity contribution < 1.29 is 9.59 Å². The van der Waals surface area contributed by atoms with E-state index in [1.165, 1.54) is 31.2 Å². The Labute approximate surface area is 184 Å². The molecule has 2 saturated carbocycles. The number of likely N-dealkylation sites (tertiary alicyclic amines) is 1. The second-order valence-corrected chi connectivity index (χ2v) is 9.84. The first kappa shape index (κ1) is 21.5. The molecule has 3 amide bonds. The van der Waals surface area contributed by atoms with Gasteiger partial charge < -0.3 is 15.5 Å². The van der Waals surface area contributed by atoms with Crippen LogP contribution < -0.4 is 10.6 Å². The van der Waals surface area contributed by atoms with E-state index >= 15 is 0 Å². The maximum absolute atomic E-state index is 12.7. The van der Waals surface area contributed by atoms with Crippen molar-refractivity contribution >= 4 is 23.5 Å². The van der Waals surface area contributed by atoms with Crippen LogP contribution in [-0.2, 0) is 10.2 Å².